The minimum atomic E-state index is -3.60. The summed E-state index contributed by atoms with van der Waals surface area (Å²) in [5, 5.41) is 0.503. The van der Waals surface area contributed by atoms with Gasteiger partial charge in [-0.25, -0.2) is 13.4 Å². The Balaban J connectivity index is 1.84. The molecule has 0 bridgehead atoms. The summed E-state index contributed by atoms with van der Waals surface area (Å²) in [7, 11) is -3.60. The SMILES string of the molecule is O=S(=O)(Nc1ccc(-n2cnc(Cl)c2Cl)cc1)c1ccc(Br)s1. The fraction of sp³-hybridized carbons (Fsp3) is 0. The van der Waals surface area contributed by atoms with Crippen molar-refractivity contribution in [2.24, 2.45) is 0 Å². The van der Waals surface area contributed by atoms with Gasteiger partial charge in [0.25, 0.3) is 10.0 Å². The molecule has 3 rings (SSSR count). The van der Waals surface area contributed by atoms with Crippen molar-refractivity contribution >= 4 is 66.2 Å². The van der Waals surface area contributed by atoms with Gasteiger partial charge in [-0.15, -0.1) is 11.3 Å². The van der Waals surface area contributed by atoms with E-state index in [1.807, 2.05) is 0 Å². The minimum Gasteiger partial charge on any atom is -0.288 e. The van der Waals surface area contributed by atoms with Crippen LogP contribution in [0.3, 0.4) is 0 Å². The van der Waals surface area contributed by atoms with Crippen LogP contribution in [-0.4, -0.2) is 18.0 Å². The average molecular weight is 453 g/mol. The molecule has 23 heavy (non-hydrogen) atoms. The van der Waals surface area contributed by atoms with E-state index in [1.165, 1.54) is 6.33 Å². The number of thiophene rings is 1. The maximum absolute atomic E-state index is 12.3. The highest BCUT2D eigenvalue weighted by Gasteiger charge is 2.16. The number of nitrogens with zero attached hydrogens (tertiary/aromatic N) is 2. The Kier molecular flexibility index (Phi) is 4.70. The van der Waals surface area contributed by atoms with Gasteiger partial charge in [0, 0.05) is 11.4 Å². The Labute approximate surface area is 155 Å². The summed E-state index contributed by atoms with van der Waals surface area (Å²) in [5.41, 5.74) is 1.16. The van der Waals surface area contributed by atoms with E-state index in [4.69, 9.17) is 23.2 Å². The maximum atomic E-state index is 12.3. The molecule has 2 aromatic heterocycles. The lowest BCUT2D eigenvalue weighted by molar-refractivity contribution is 0.603. The van der Waals surface area contributed by atoms with E-state index in [1.54, 1.807) is 41.0 Å². The number of aromatic nitrogens is 2. The van der Waals surface area contributed by atoms with Crippen LogP contribution in [-0.2, 0) is 10.0 Å². The van der Waals surface area contributed by atoms with Gasteiger partial charge in [-0.05, 0) is 52.3 Å². The molecule has 0 aliphatic rings. The van der Waals surface area contributed by atoms with Crippen LogP contribution < -0.4 is 4.72 Å². The van der Waals surface area contributed by atoms with Gasteiger partial charge in [-0.1, -0.05) is 23.2 Å². The zero-order chi connectivity index (χ0) is 16.6. The molecule has 10 heteroatoms. The van der Waals surface area contributed by atoms with Crippen LogP contribution in [0.4, 0.5) is 5.69 Å². The van der Waals surface area contributed by atoms with Crippen LogP contribution in [0, 0.1) is 0 Å². The predicted octanol–water partition coefficient (Wildman–Crippen LogP) is 4.80. The van der Waals surface area contributed by atoms with Gasteiger partial charge in [0.15, 0.2) is 10.3 Å². The Morgan fingerprint density at radius 2 is 1.83 bits per heavy atom. The summed E-state index contributed by atoms with van der Waals surface area (Å²) < 4.78 is 29.6. The molecule has 120 valence electrons. The van der Waals surface area contributed by atoms with E-state index >= 15 is 0 Å². The van der Waals surface area contributed by atoms with E-state index in [0.717, 1.165) is 20.8 Å². The second-order valence-corrected chi connectivity index (χ2v) is 9.50. The first-order chi connectivity index (χ1) is 10.9. The van der Waals surface area contributed by atoms with Crippen molar-refractivity contribution in [2.75, 3.05) is 4.72 Å². The number of hydrogen-bond acceptors (Lipinski definition) is 4. The largest absolute Gasteiger partial charge is 0.288 e. The number of nitrogens with one attached hydrogen (secondary N) is 1. The molecule has 0 aliphatic carbocycles. The molecule has 5 nitrogen and oxygen atoms in total. The monoisotopic (exact) mass is 451 g/mol. The van der Waals surface area contributed by atoms with Crippen molar-refractivity contribution in [1.29, 1.82) is 0 Å². The number of halogens is 3. The van der Waals surface area contributed by atoms with Gasteiger partial charge in [0.1, 0.15) is 10.5 Å². The number of benzene rings is 1. The average Bonchev–Trinajstić information content (AvgIpc) is 3.08. The number of anilines is 1. The van der Waals surface area contributed by atoms with Crippen LogP contribution in [0.15, 0.2) is 50.7 Å². The lowest BCUT2D eigenvalue weighted by Gasteiger charge is -2.08. The summed E-state index contributed by atoms with van der Waals surface area (Å²) in [4.78, 5) is 3.90. The van der Waals surface area contributed by atoms with Gasteiger partial charge in [0.05, 0.1) is 3.79 Å². The van der Waals surface area contributed by atoms with Crippen molar-refractivity contribution in [3.63, 3.8) is 0 Å². The smallest absolute Gasteiger partial charge is 0.271 e. The normalized spacial score (nSPS) is 11.6. The fourth-order valence-corrected chi connectivity index (χ4v) is 5.22. The molecule has 0 fully saturated rings. The van der Waals surface area contributed by atoms with E-state index < -0.39 is 10.0 Å². The third-order valence-electron chi connectivity index (χ3n) is 2.88. The van der Waals surface area contributed by atoms with Gasteiger partial charge in [0.2, 0.25) is 0 Å². The molecule has 0 aliphatic heterocycles. The Hall–Kier alpha value is -1.06. The van der Waals surface area contributed by atoms with Crippen molar-refractivity contribution < 1.29 is 8.42 Å². The molecule has 0 saturated heterocycles. The number of hydrogen-bond donors (Lipinski definition) is 1. The molecule has 0 spiro atoms. The lowest BCUT2D eigenvalue weighted by atomic mass is 10.3. The molecule has 0 saturated carbocycles. The summed E-state index contributed by atoms with van der Waals surface area (Å²) in [6.07, 6.45) is 1.49. The van der Waals surface area contributed by atoms with Crippen molar-refractivity contribution in [2.45, 2.75) is 4.21 Å². The molecular weight excluding hydrogens is 445 g/mol. The topological polar surface area (TPSA) is 64.0 Å². The Morgan fingerprint density at radius 3 is 2.35 bits per heavy atom. The van der Waals surface area contributed by atoms with Crippen LogP contribution >= 0.6 is 50.5 Å². The predicted molar refractivity (Wildman–Crippen MR) is 96.4 cm³/mol. The molecule has 0 radical (unpaired) electrons. The Morgan fingerprint density at radius 1 is 1.13 bits per heavy atom. The number of rotatable bonds is 4. The minimum absolute atomic E-state index is 0.208. The highest BCUT2D eigenvalue weighted by atomic mass is 79.9. The molecule has 3 aromatic rings. The van der Waals surface area contributed by atoms with E-state index in [9.17, 15) is 8.42 Å². The molecule has 1 aromatic carbocycles. The molecule has 2 heterocycles. The van der Waals surface area contributed by atoms with E-state index in [-0.39, 0.29) is 9.36 Å². The van der Waals surface area contributed by atoms with Crippen LogP contribution in [0.25, 0.3) is 5.69 Å². The third-order valence-corrected chi connectivity index (χ3v) is 7.11. The first kappa shape index (κ1) is 16.8. The van der Waals surface area contributed by atoms with E-state index in [2.05, 4.69) is 25.6 Å². The molecule has 0 unspecified atom stereocenters. The van der Waals surface area contributed by atoms with Crippen LogP contribution in [0.2, 0.25) is 10.3 Å². The zero-order valence-corrected chi connectivity index (χ0v) is 15.9. The second kappa shape index (κ2) is 6.45. The third kappa shape index (κ3) is 3.56. The Bertz CT molecular complexity index is 952. The second-order valence-electron chi connectivity index (χ2n) is 4.41. The highest BCUT2D eigenvalue weighted by molar-refractivity contribution is 9.11. The van der Waals surface area contributed by atoms with Crippen molar-refractivity contribution in [3.05, 3.63) is 56.8 Å². The van der Waals surface area contributed by atoms with Gasteiger partial charge < -0.3 is 0 Å². The number of imidazole rings is 1. The van der Waals surface area contributed by atoms with Gasteiger partial charge in [-0.3, -0.25) is 9.29 Å². The molecular formula is C13H8BrCl2N3O2S2. The van der Waals surface area contributed by atoms with Crippen LogP contribution in [0.5, 0.6) is 0 Å². The van der Waals surface area contributed by atoms with E-state index in [0.29, 0.717) is 10.8 Å². The zero-order valence-electron chi connectivity index (χ0n) is 11.2. The standard InChI is InChI=1S/C13H8BrCl2N3O2S2/c14-10-5-6-11(22-10)23(20,21)18-8-1-3-9(4-2-8)19-7-17-12(15)13(19)16/h1-7,18H. The summed E-state index contributed by atoms with van der Waals surface area (Å²) in [6.45, 7) is 0. The summed E-state index contributed by atoms with van der Waals surface area (Å²) in [6, 6.07) is 9.93. The maximum Gasteiger partial charge on any atom is 0.271 e. The molecule has 0 atom stereocenters. The van der Waals surface area contributed by atoms with Crippen LogP contribution in [0.1, 0.15) is 0 Å². The van der Waals surface area contributed by atoms with Gasteiger partial charge >= 0.3 is 0 Å². The van der Waals surface area contributed by atoms with Gasteiger partial charge in [-0.2, -0.15) is 0 Å². The van der Waals surface area contributed by atoms with Crippen molar-refractivity contribution in [3.8, 4) is 5.69 Å². The lowest BCUT2D eigenvalue weighted by Crippen LogP contribution is -2.11. The molecule has 0 amide bonds. The summed E-state index contributed by atoms with van der Waals surface area (Å²) >= 11 is 16.2. The summed E-state index contributed by atoms with van der Waals surface area (Å²) in [5.74, 6) is 0. The highest BCUT2D eigenvalue weighted by Crippen LogP contribution is 2.28. The first-order valence-electron chi connectivity index (χ1n) is 6.14. The fourth-order valence-electron chi connectivity index (χ4n) is 1.83. The van der Waals surface area contributed by atoms with Crippen molar-refractivity contribution in [1.82, 2.24) is 9.55 Å². The molecule has 1 N–H and O–H groups in total. The quantitative estimate of drug-likeness (QED) is 0.618. The number of sulfonamides is 1. The first-order valence-corrected chi connectivity index (χ1v) is 9.98.